The first-order valence-electron chi connectivity index (χ1n) is 8.74. The molecule has 1 aliphatic rings. The molecule has 0 saturated heterocycles. The van der Waals surface area contributed by atoms with Crippen LogP contribution in [-0.2, 0) is 0 Å². The second-order valence-electron chi connectivity index (χ2n) is 6.41. The fourth-order valence-corrected chi connectivity index (χ4v) is 3.46. The van der Waals surface area contributed by atoms with E-state index in [9.17, 15) is 10.4 Å². The van der Waals surface area contributed by atoms with Crippen molar-refractivity contribution in [3.05, 3.63) is 65.0 Å². The summed E-state index contributed by atoms with van der Waals surface area (Å²) in [5.74, 6) is 0.637. The molecule has 0 aliphatic carbocycles. The van der Waals surface area contributed by atoms with Gasteiger partial charge in [0.15, 0.2) is 11.5 Å². The van der Waals surface area contributed by atoms with E-state index >= 15 is 0 Å². The van der Waals surface area contributed by atoms with Gasteiger partial charge in [-0.2, -0.15) is 5.26 Å². The molecule has 29 heavy (non-hydrogen) atoms. The first kappa shape index (κ1) is 18.3. The number of benzene rings is 2. The minimum atomic E-state index is -0.583. The lowest BCUT2D eigenvalue weighted by Gasteiger charge is -2.24. The number of hydrogen-bond donors (Lipinski definition) is 3. The van der Waals surface area contributed by atoms with Gasteiger partial charge in [-0.25, -0.2) is 0 Å². The summed E-state index contributed by atoms with van der Waals surface area (Å²) in [7, 11) is 3.06. The Hall–Kier alpha value is -4.12. The van der Waals surface area contributed by atoms with Crippen LogP contribution in [0.4, 0.5) is 0 Å². The first-order chi connectivity index (χ1) is 14.1. The van der Waals surface area contributed by atoms with E-state index in [1.807, 2.05) is 24.3 Å². The number of aromatic amines is 1. The summed E-state index contributed by atoms with van der Waals surface area (Å²) in [6.45, 7) is 0. The minimum Gasteiger partial charge on any atom is -0.504 e. The number of rotatable bonds is 4. The Kier molecular flexibility index (Phi) is 4.49. The van der Waals surface area contributed by atoms with E-state index in [0.717, 1.165) is 5.56 Å². The quantitative estimate of drug-likeness (QED) is 0.625. The standard InChI is InChI=1S/C21H18N4O4/c1-27-13-5-3-4-12(8-13)19-18-17(11-6-7-16(28-2)15(26)9-11)14(10-22)20(23)29-21(18)25-24-19/h3-9,17,26H,23H2,1-2H3,(H,24,25). The van der Waals surface area contributed by atoms with E-state index in [-0.39, 0.29) is 23.1 Å². The molecule has 1 aromatic heterocycles. The van der Waals surface area contributed by atoms with Gasteiger partial charge in [-0.05, 0) is 29.8 Å². The second-order valence-corrected chi connectivity index (χ2v) is 6.41. The maximum Gasteiger partial charge on any atom is 0.244 e. The highest BCUT2D eigenvalue weighted by Crippen LogP contribution is 2.47. The highest BCUT2D eigenvalue weighted by atomic mass is 16.5. The van der Waals surface area contributed by atoms with E-state index in [0.29, 0.717) is 28.3 Å². The van der Waals surface area contributed by atoms with Crippen LogP contribution in [-0.4, -0.2) is 29.5 Å². The van der Waals surface area contributed by atoms with E-state index in [2.05, 4.69) is 16.3 Å². The van der Waals surface area contributed by atoms with Crippen LogP contribution in [0, 0.1) is 11.3 Å². The molecule has 3 aromatic rings. The molecule has 146 valence electrons. The smallest absolute Gasteiger partial charge is 0.244 e. The normalized spacial score (nSPS) is 15.3. The van der Waals surface area contributed by atoms with Crippen molar-refractivity contribution in [3.8, 4) is 40.5 Å². The number of H-pyrrole nitrogens is 1. The summed E-state index contributed by atoms with van der Waals surface area (Å²) >= 11 is 0. The Morgan fingerprint density at radius 2 is 2.03 bits per heavy atom. The van der Waals surface area contributed by atoms with Crippen LogP contribution in [0.25, 0.3) is 11.3 Å². The van der Waals surface area contributed by atoms with Crippen LogP contribution in [0.2, 0.25) is 0 Å². The van der Waals surface area contributed by atoms with Crippen molar-refractivity contribution in [2.24, 2.45) is 5.73 Å². The Morgan fingerprint density at radius 3 is 2.72 bits per heavy atom. The molecule has 0 fully saturated rings. The largest absolute Gasteiger partial charge is 0.504 e. The number of phenols is 1. The molecule has 1 atom stereocenters. The molecule has 4 N–H and O–H groups in total. The van der Waals surface area contributed by atoms with Gasteiger partial charge < -0.3 is 25.1 Å². The first-order valence-corrected chi connectivity index (χ1v) is 8.74. The van der Waals surface area contributed by atoms with E-state index in [4.69, 9.17) is 19.9 Å². The van der Waals surface area contributed by atoms with E-state index < -0.39 is 5.92 Å². The van der Waals surface area contributed by atoms with Crippen LogP contribution in [0.15, 0.2) is 53.9 Å². The number of hydrogen-bond acceptors (Lipinski definition) is 7. The van der Waals surface area contributed by atoms with Gasteiger partial charge in [-0.3, -0.25) is 5.10 Å². The number of methoxy groups -OCH3 is 2. The van der Waals surface area contributed by atoms with Crippen molar-refractivity contribution in [2.75, 3.05) is 14.2 Å². The fraction of sp³-hybridized carbons (Fsp3) is 0.143. The van der Waals surface area contributed by atoms with E-state index in [1.165, 1.54) is 7.11 Å². The molecule has 0 radical (unpaired) electrons. The summed E-state index contributed by atoms with van der Waals surface area (Å²) in [5, 5.41) is 27.3. The molecule has 4 rings (SSSR count). The number of ether oxygens (including phenoxy) is 3. The summed E-state index contributed by atoms with van der Waals surface area (Å²) in [5.41, 5.74) is 8.99. The average molecular weight is 390 g/mol. The van der Waals surface area contributed by atoms with Crippen LogP contribution in [0.3, 0.4) is 0 Å². The summed E-state index contributed by atoms with van der Waals surface area (Å²) in [6, 6.07) is 14.5. The van der Waals surface area contributed by atoms with Crippen molar-refractivity contribution in [2.45, 2.75) is 5.92 Å². The Balaban J connectivity index is 1.93. The molecule has 2 heterocycles. The number of nitriles is 1. The third kappa shape index (κ3) is 2.99. The van der Waals surface area contributed by atoms with Gasteiger partial charge >= 0.3 is 0 Å². The predicted molar refractivity (Wildman–Crippen MR) is 105 cm³/mol. The third-order valence-electron chi connectivity index (χ3n) is 4.83. The Bertz CT molecular complexity index is 1160. The van der Waals surface area contributed by atoms with Crippen LogP contribution >= 0.6 is 0 Å². The van der Waals surface area contributed by atoms with E-state index in [1.54, 1.807) is 25.3 Å². The third-order valence-corrected chi connectivity index (χ3v) is 4.83. The average Bonchev–Trinajstić information content (AvgIpc) is 3.16. The number of nitrogens with zero attached hydrogens (tertiary/aromatic N) is 2. The molecule has 0 bridgehead atoms. The number of nitrogens with two attached hydrogens (primary N) is 1. The number of allylic oxidation sites excluding steroid dienone is 1. The fourth-order valence-electron chi connectivity index (χ4n) is 3.46. The summed E-state index contributed by atoms with van der Waals surface area (Å²) < 4.78 is 16.0. The van der Waals surface area contributed by atoms with Crippen molar-refractivity contribution in [3.63, 3.8) is 0 Å². The van der Waals surface area contributed by atoms with Crippen molar-refractivity contribution in [1.29, 1.82) is 5.26 Å². The molecule has 2 aromatic carbocycles. The maximum absolute atomic E-state index is 10.3. The molecule has 0 spiro atoms. The molecular weight excluding hydrogens is 372 g/mol. The van der Waals surface area contributed by atoms with Gasteiger partial charge in [0, 0.05) is 5.56 Å². The van der Waals surface area contributed by atoms with Gasteiger partial charge in [0.2, 0.25) is 11.8 Å². The van der Waals surface area contributed by atoms with Gasteiger partial charge in [-0.1, -0.05) is 18.2 Å². The Morgan fingerprint density at radius 1 is 1.21 bits per heavy atom. The zero-order valence-corrected chi connectivity index (χ0v) is 15.8. The lowest BCUT2D eigenvalue weighted by molar-refractivity contribution is 0.371. The molecule has 0 amide bonds. The molecule has 8 nitrogen and oxygen atoms in total. The van der Waals surface area contributed by atoms with Crippen LogP contribution < -0.4 is 19.9 Å². The zero-order chi connectivity index (χ0) is 20.5. The van der Waals surface area contributed by atoms with Crippen LogP contribution in [0.5, 0.6) is 23.1 Å². The van der Waals surface area contributed by atoms with Gasteiger partial charge in [-0.15, -0.1) is 5.10 Å². The number of nitrogens with one attached hydrogen (secondary N) is 1. The summed E-state index contributed by atoms with van der Waals surface area (Å²) in [4.78, 5) is 0. The van der Waals surface area contributed by atoms with Gasteiger partial charge in [0.25, 0.3) is 0 Å². The predicted octanol–water partition coefficient (Wildman–Crippen LogP) is 3.02. The topological polar surface area (TPSA) is 126 Å². The maximum atomic E-state index is 10.3. The van der Waals surface area contributed by atoms with Crippen molar-refractivity contribution < 1.29 is 19.3 Å². The number of fused-ring (bicyclic) bond motifs is 1. The number of aromatic hydroxyl groups is 1. The lowest BCUT2D eigenvalue weighted by atomic mass is 9.83. The Labute approximate surface area is 166 Å². The van der Waals surface area contributed by atoms with Gasteiger partial charge in [0.1, 0.15) is 17.4 Å². The molecular formula is C21H18N4O4. The molecule has 1 unspecified atom stereocenters. The zero-order valence-electron chi connectivity index (χ0n) is 15.8. The number of phenolic OH excluding ortho intramolecular Hbond substituents is 1. The SMILES string of the molecule is COc1cccc(-c2[nH]nc3c2C(c2ccc(OC)c(O)c2)C(C#N)=C(N)O3)c1. The second kappa shape index (κ2) is 7.13. The number of aromatic nitrogens is 2. The molecule has 8 heteroatoms. The minimum absolute atomic E-state index is 0.0241. The molecule has 0 saturated carbocycles. The summed E-state index contributed by atoms with van der Waals surface area (Å²) in [6.07, 6.45) is 0. The lowest BCUT2D eigenvalue weighted by Crippen LogP contribution is -2.21. The van der Waals surface area contributed by atoms with Gasteiger partial charge in [0.05, 0.1) is 31.4 Å². The highest BCUT2D eigenvalue weighted by Gasteiger charge is 2.36. The highest BCUT2D eigenvalue weighted by molar-refractivity contribution is 5.72. The van der Waals surface area contributed by atoms with Crippen molar-refractivity contribution >= 4 is 0 Å². The van der Waals surface area contributed by atoms with Crippen LogP contribution in [0.1, 0.15) is 17.0 Å². The monoisotopic (exact) mass is 390 g/mol. The van der Waals surface area contributed by atoms with Crippen molar-refractivity contribution in [1.82, 2.24) is 10.2 Å². The molecule has 1 aliphatic heterocycles.